The van der Waals surface area contributed by atoms with E-state index < -0.39 is 17.1 Å². The van der Waals surface area contributed by atoms with Crippen LogP contribution < -0.4 is 0 Å². The van der Waals surface area contributed by atoms with E-state index in [-0.39, 0.29) is 12.2 Å². The number of aromatic nitrogens is 2. The quantitative estimate of drug-likeness (QED) is 0.714. The maximum atomic E-state index is 12.3. The Morgan fingerprint density at radius 1 is 1.24 bits per heavy atom. The third-order valence-corrected chi connectivity index (χ3v) is 1.80. The van der Waals surface area contributed by atoms with Crippen LogP contribution in [0.2, 0.25) is 0 Å². The lowest BCUT2D eigenvalue weighted by Gasteiger charge is -2.24. The van der Waals surface area contributed by atoms with Gasteiger partial charge in [0.1, 0.15) is 5.82 Å². The molecule has 0 atom stereocenters. The van der Waals surface area contributed by atoms with E-state index in [0.717, 1.165) is 4.57 Å². The van der Waals surface area contributed by atoms with Crippen molar-refractivity contribution in [3.63, 3.8) is 0 Å². The molecule has 1 heterocycles. The fourth-order valence-corrected chi connectivity index (χ4v) is 1.14. The minimum atomic E-state index is -4.53. The Balaban J connectivity index is 0.00000121. The highest BCUT2D eigenvalue weighted by Crippen LogP contribution is 2.29. The molecular weight excluding hydrogens is 226 g/mol. The summed E-state index contributed by atoms with van der Waals surface area (Å²) in [6.45, 7) is 5.63. The summed E-state index contributed by atoms with van der Waals surface area (Å²) in [5.41, 5.74) is -1.05. The molecule has 0 fully saturated rings. The topological polar surface area (TPSA) is 17.8 Å². The second-order valence-corrected chi connectivity index (χ2v) is 3.15. The number of alkyl halides is 3. The first-order chi connectivity index (χ1) is 7.66. The predicted octanol–water partition coefficient (Wildman–Crippen LogP) is 1.56. The van der Waals surface area contributed by atoms with Crippen molar-refractivity contribution in [1.29, 1.82) is 0 Å². The van der Waals surface area contributed by atoms with E-state index in [4.69, 9.17) is 23.5 Å². The van der Waals surface area contributed by atoms with Gasteiger partial charge in [-0.3, -0.25) is 0 Å². The highest BCUT2D eigenvalue weighted by molar-refractivity contribution is 6.56. The molecule has 6 radical (unpaired) electrons. The predicted molar refractivity (Wildman–Crippen MR) is 63.2 cm³/mol. The summed E-state index contributed by atoms with van der Waals surface area (Å²) in [5.74, 6) is 0.0924. The average Bonchev–Trinajstić information content (AvgIpc) is 2.63. The van der Waals surface area contributed by atoms with Gasteiger partial charge < -0.3 is 4.57 Å². The first-order valence-corrected chi connectivity index (χ1v) is 5.18. The fraction of sp³-hybridized carbons (Fsp3) is 0.667. The maximum Gasteiger partial charge on any atom is 0.434 e. The summed E-state index contributed by atoms with van der Waals surface area (Å²) < 4.78 is 37.8. The molecule has 1 aromatic rings. The average molecular weight is 238 g/mol. The van der Waals surface area contributed by atoms with Gasteiger partial charge in [0.2, 0.25) is 0 Å². The van der Waals surface area contributed by atoms with Crippen LogP contribution >= 0.6 is 0 Å². The first kappa shape index (κ1) is 16.2. The molecule has 0 aliphatic carbocycles. The highest BCUT2D eigenvalue weighted by Gasteiger charge is 2.35. The zero-order valence-corrected chi connectivity index (χ0v) is 10.0. The van der Waals surface area contributed by atoms with E-state index in [0.29, 0.717) is 6.20 Å². The summed E-state index contributed by atoms with van der Waals surface area (Å²) in [7, 11) is 15.9. The molecule has 0 aromatic carbocycles. The molecule has 1 rings (SSSR count). The standard InChI is InChI=1S/C7H6B3F3N2.C2H6/c1-2-5-14-4(6(11,12)13)3-15(5)7(8,9)10;1-2/h3H,2H2,1H3;1-2H3. The normalized spacial score (nSPS) is 11.9. The SMILES string of the molecule is CC.[B]C([B])([B])n1cc(C(F)(F)F)nc1CC. The fourth-order valence-electron chi connectivity index (χ4n) is 1.14. The van der Waals surface area contributed by atoms with Crippen molar-refractivity contribution < 1.29 is 13.2 Å². The van der Waals surface area contributed by atoms with Gasteiger partial charge in [-0.05, 0) is 0 Å². The molecule has 2 nitrogen and oxygen atoms in total. The van der Waals surface area contributed by atoms with Gasteiger partial charge in [-0.2, -0.15) is 13.2 Å². The van der Waals surface area contributed by atoms with Gasteiger partial charge in [-0.15, -0.1) is 0 Å². The highest BCUT2D eigenvalue weighted by atomic mass is 19.4. The zero-order valence-electron chi connectivity index (χ0n) is 10.0. The molecule has 88 valence electrons. The monoisotopic (exact) mass is 238 g/mol. The molecule has 0 N–H and O–H groups in total. The number of hydrogen-bond donors (Lipinski definition) is 0. The molecule has 0 aliphatic rings. The number of nitrogens with zero attached hydrogens (tertiary/aromatic N) is 2. The Bertz CT molecular complexity index is 355. The Hall–Kier alpha value is -0.805. The Morgan fingerprint density at radius 3 is 1.94 bits per heavy atom. The van der Waals surface area contributed by atoms with E-state index in [1.165, 1.54) is 0 Å². The lowest BCUT2D eigenvalue weighted by atomic mass is 9.49. The van der Waals surface area contributed by atoms with Gasteiger partial charge in [0, 0.05) is 12.6 Å². The van der Waals surface area contributed by atoms with Gasteiger partial charge >= 0.3 is 6.18 Å². The van der Waals surface area contributed by atoms with Gasteiger partial charge in [0.25, 0.3) is 0 Å². The van der Waals surface area contributed by atoms with Crippen molar-refractivity contribution in [1.82, 2.24) is 9.55 Å². The minimum Gasteiger partial charge on any atom is -0.354 e. The number of hydrogen-bond acceptors (Lipinski definition) is 1. The van der Waals surface area contributed by atoms with Crippen molar-refractivity contribution >= 4 is 23.5 Å². The lowest BCUT2D eigenvalue weighted by Crippen LogP contribution is -2.35. The second-order valence-electron chi connectivity index (χ2n) is 3.15. The van der Waals surface area contributed by atoms with Gasteiger partial charge in [0.15, 0.2) is 5.69 Å². The smallest absolute Gasteiger partial charge is 0.354 e. The maximum absolute atomic E-state index is 12.3. The molecule has 17 heavy (non-hydrogen) atoms. The molecule has 0 aliphatic heterocycles. The van der Waals surface area contributed by atoms with Crippen LogP contribution in [0.25, 0.3) is 0 Å². The number of imidazole rings is 1. The molecule has 0 saturated carbocycles. The number of aryl methyl sites for hydroxylation is 1. The molecule has 0 unspecified atom stereocenters. The molecular formula is C9H12B3F3N2. The molecule has 8 heteroatoms. The molecule has 0 spiro atoms. The van der Waals surface area contributed by atoms with E-state index in [2.05, 4.69) is 4.98 Å². The molecule has 1 aromatic heterocycles. The van der Waals surface area contributed by atoms with E-state index >= 15 is 0 Å². The lowest BCUT2D eigenvalue weighted by molar-refractivity contribution is -0.141. The molecule has 0 bridgehead atoms. The van der Waals surface area contributed by atoms with Crippen molar-refractivity contribution in [2.45, 2.75) is 38.6 Å². The van der Waals surface area contributed by atoms with Crippen LogP contribution in [0.1, 0.15) is 32.3 Å². The number of rotatable bonds is 2. The van der Waals surface area contributed by atoms with Crippen LogP contribution in [-0.2, 0) is 17.8 Å². The molecule has 0 saturated heterocycles. The first-order valence-electron chi connectivity index (χ1n) is 5.18. The van der Waals surface area contributed by atoms with Crippen molar-refractivity contribution in [3.05, 3.63) is 17.7 Å². The van der Waals surface area contributed by atoms with Crippen molar-refractivity contribution in [2.75, 3.05) is 0 Å². The van der Waals surface area contributed by atoms with Crippen LogP contribution in [-0.4, -0.2) is 33.1 Å². The van der Waals surface area contributed by atoms with Crippen LogP contribution in [0.5, 0.6) is 0 Å². The third kappa shape index (κ3) is 4.17. The summed E-state index contributed by atoms with van der Waals surface area (Å²) in [4.78, 5) is 3.36. The Morgan fingerprint density at radius 2 is 1.71 bits per heavy atom. The van der Waals surface area contributed by atoms with Gasteiger partial charge in [-0.1, -0.05) is 26.0 Å². The van der Waals surface area contributed by atoms with E-state index in [9.17, 15) is 13.2 Å². The van der Waals surface area contributed by atoms with Crippen molar-refractivity contribution in [3.8, 4) is 0 Å². The second kappa shape index (κ2) is 5.69. The van der Waals surface area contributed by atoms with Crippen LogP contribution in [0.15, 0.2) is 6.20 Å². The summed E-state index contributed by atoms with van der Waals surface area (Å²) >= 11 is 0. The Kier molecular flexibility index (Phi) is 5.42. The van der Waals surface area contributed by atoms with Crippen LogP contribution in [0, 0.1) is 0 Å². The Labute approximate surface area is 103 Å². The molecule has 0 amide bonds. The zero-order chi connectivity index (χ0) is 13.9. The third-order valence-electron chi connectivity index (χ3n) is 1.80. The van der Waals surface area contributed by atoms with E-state index in [1.807, 2.05) is 13.8 Å². The summed E-state index contributed by atoms with van der Waals surface area (Å²) in [6, 6.07) is 0. The summed E-state index contributed by atoms with van der Waals surface area (Å²) in [5, 5.41) is -1.87. The van der Waals surface area contributed by atoms with E-state index in [1.54, 1.807) is 6.92 Å². The minimum absolute atomic E-state index is 0.0924. The largest absolute Gasteiger partial charge is 0.434 e. The summed E-state index contributed by atoms with van der Waals surface area (Å²) in [6.07, 6.45) is -3.57. The van der Waals surface area contributed by atoms with Gasteiger partial charge in [0.05, 0.1) is 23.5 Å². The van der Waals surface area contributed by atoms with Crippen LogP contribution in [0.4, 0.5) is 13.2 Å². The van der Waals surface area contributed by atoms with Gasteiger partial charge in [-0.25, -0.2) is 4.98 Å². The van der Waals surface area contributed by atoms with Crippen molar-refractivity contribution in [2.24, 2.45) is 0 Å². The number of halogens is 3. The van der Waals surface area contributed by atoms with Crippen LogP contribution in [0.3, 0.4) is 0 Å².